The van der Waals surface area contributed by atoms with Crippen molar-refractivity contribution in [1.29, 1.82) is 0 Å². The van der Waals surface area contributed by atoms with Gasteiger partial charge in [-0.3, -0.25) is 19.7 Å². The van der Waals surface area contributed by atoms with Crippen molar-refractivity contribution in [1.82, 2.24) is 19.8 Å². The van der Waals surface area contributed by atoms with Crippen molar-refractivity contribution in [2.45, 2.75) is 25.4 Å². The molecule has 1 atom stereocenters. The first-order valence-electron chi connectivity index (χ1n) is 9.67. The van der Waals surface area contributed by atoms with Crippen molar-refractivity contribution < 1.29 is 14.4 Å². The molecule has 1 unspecified atom stereocenters. The van der Waals surface area contributed by atoms with Gasteiger partial charge in [0.15, 0.2) is 0 Å². The lowest BCUT2D eigenvalue weighted by Gasteiger charge is -2.29. The Bertz CT molecular complexity index is 1190. The Kier molecular flexibility index (Phi) is 5.24. The van der Waals surface area contributed by atoms with Gasteiger partial charge in [-0.05, 0) is 48.4 Å². The Labute approximate surface area is 184 Å². The highest BCUT2D eigenvalue weighted by Gasteiger charge is 2.39. The lowest BCUT2D eigenvalue weighted by atomic mass is 10.0. The van der Waals surface area contributed by atoms with E-state index in [4.69, 9.17) is 5.73 Å². The number of carbonyl (C=O) groups excluding carboxylic acids is 3. The lowest BCUT2D eigenvalue weighted by molar-refractivity contribution is -0.136. The molecule has 3 aromatic rings. The minimum atomic E-state index is -0.615. The van der Waals surface area contributed by atoms with Crippen LogP contribution < -0.4 is 11.1 Å². The Morgan fingerprint density at radius 1 is 1.06 bits per heavy atom. The second-order valence-electron chi connectivity index (χ2n) is 7.53. The summed E-state index contributed by atoms with van der Waals surface area (Å²) in [6.45, 7) is 0.340. The van der Waals surface area contributed by atoms with Crippen molar-refractivity contribution in [3.8, 4) is 16.9 Å². The zero-order valence-corrected chi connectivity index (χ0v) is 17.3. The first-order chi connectivity index (χ1) is 14.5. The van der Waals surface area contributed by atoms with Crippen molar-refractivity contribution in [2.75, 3.05) is 5.73 Å². The lowest BCUT2D eigenvalue weighted by Crippen LogP contribution is -2.52. The van der Waals surface area contributed by atoms with E-state index in [9.17, 15) is 14.4 Å². The molecule has 1 saturated heterocycles. The van der Waals surface area contributed by atoms with E-state index >= 15 is 0 Å². The van der Waals surface area contributed by atoms with Gasteiger partial charge in [0.2, 0.25) is 11.8 Å². The van der Waals surface area contributed by atoms with Crippen LogP contribution in [0, 0.1) is 0 Å². The highest BCUT2D eigenvalue weighted by Crippen LogP contribution is 2.31. The smallest absolute Gasteiger partial charge is 0.255 e. The van der Waals surface area contributed by atoms with Gasteiger partial charge in [0.25, 0.3) is 5.91 Å². The molecule has 0 saturated carbocycles. The molecule has 0 radical (unpaired) electrons. The van der Waals surface area contributed by atoms with E-state index in [1.54, 1.807) is 17.3 Å². The molecule has 3 N–H and O–H groups in total. The summed E-state index contributed by atoms with van der Waals surface area (Å²) in [7, 11) is 0. The second kappa shape index (κ2) is 7.88. The number of nitrogens with one attached hydrogen (secondary N) is 1. The summed E-state index contributed by atoms with van der Waals surface area (Å²) in [5, 5.41) is 2.32. The molecule has 9 heteroatoms. The fraction of sp³-hybridized carbons (Fsp3) is 0.182. The minimum Gasteiger partial charge on any atom is -0.399 e. The SMILES string of the molecule is Cl.Nc1ccc(-n2cnc(-c3ccc4c(c3)CN(C3CCC(=O)NC3=O)C4=O)c2)cc1. The molecule has 0 aliphatic carbocycles. The number of benzene rings is 2. The summed E-state index contributed by atoms with van der Waals surface area (Å²) >= 11 is 0. The topological polar surface area (TPSA) is 110 Å². The summed E-state index contributed by atoms with van der Waals surface area (Å²) in [5.41, 5.74) is 10.5. The van der Waals surface area contributed by atoms with E-state index in [1.807, 2.05) is 47.2 Å². The van der Waals surface area contributed by atoms with Crippen LogP contribution in [-0.2, 0) is 16.1 Å². The van der Waals surface area contributed by atoms with E-state index in [0.717, 1.165) is 22.5 Å². The molecule has 1 aromatic heterocycles. The van der Waals surface area contributed by atoms with Crippen molar-refractivity contribution in [3.63, 3.8) is 0 Å². The van der Waals surface area contributed by atoms with Crippen molar-refractivity contribution >= 4 is 35.8 Å². The third-order valence-electron chi connectivity index (χ3n) is 5.59. The van der Waals surface area contributed by atoms with Crippen molar-refractivity contribution in [3.05, 3.63) is 66.1 Å². The molecule has 5 rings (SSSR count). The van der Waals surface area contributed by atoms with Crippen LogP contribution in [0.4, 0.5) is 5.69 Å². The van der Waals surface area contributed by atoms with Gasteiger partial charge in [0.05, 0.1) is 12.0 Å². The summed E-state index contributed by atoms with van der Waals surface area (Å²) in [6.07, 6.45) is 4.24. The Morgan fingerprint density at radius 2 is 1.84 bits per heavy atom. The summed E-state index contributed by atoms with van der Waals surface area (Å²) in [5.74, 6) is -0.882. The largest absolute Gasteiger partial charge is 0.399 e. The van der Waals surface area contributed by atoms with Gasteiger partial charge in [0, 0.05) is 41.7 Å². The van der Waals surface area contributed by atoms with E-state index < -0.39 is 11.9 Å². The van der Waals surface area contributed by atoms with E-state index in [1.165, 1.54) is 0 Å². The van der Waals surface area contributed by atoms with Crippen LogP contribution in [0.5, 0.6) is 0 Å². The molecule has 8 nitrogen and oxygen atoms in total. The first-order valence-corrected chi connectivity index (χ1v) is 9.67. The fourth-order valence-corrected chi connectivity index (χ4v) is 3.99. The predicted molar refractivity (Wildman–Crippen MR) is 117 cm³/mol. The van der Waals surface area contributed by atoms with Gasteiger partial charge in [-0.25, -0.2) is 4.98 Å². The predicted octanol–water partition coefficient (Wildman–Crippen LogP) is 2.30. The molecule has 2 aromatic carbocycles. The number of hydrogen-bond donors (Lipinski definition) is 2. The minimum absolute atomic E-state index is 0. The number of nitrogen functional groups attached to an aromatic ring is 1. The number of carbonyl (C=O) groups is 3. The maximum Gasteiger partial charge on any atom is 0.255 e. The fourth-order valence-electron chi connectivity index (χ4n) is 3.99. The number of imide groups is 1. The maximum absolute atomic E-state index is 12.8. The average molecular weight is 438 g/mol. The van der Waals surface area contributed by atoms with Gasteiger partial charge < -0.3 is 15.2 Å². The van der Waals surface area contributed by atoms with Gasteiger partial charge in [-0.2, -0.15) is 0 Å². The number of rotatable bonds is 3. The average Bonchev–Trinajstić information content (AvgIpc) is 3.34. The normalized spacial score (nSPS) is 17.9. The third kappa shape index (κ3) is 3.66. The third-order valence-corrected chi connectivity index (χ3v) is 5.59. The zero-order valence-electron chi connectivity index (χ0n) is 16.4. The molecule has 1 fully saturated rings. The van der Waals surface area contributed by atoms with Crippen LogP contribution in [0.3, 0.4) is 0 Å². The molecule has 158 valence electrons. The van der Waals surface area contributed by atoms with Gasteiger partial charge >= 0.3 is 0 Å². The number of aromatic nitrogens is 2. The van der Waals surface area contributed by atoms with Crippen LogP contribution in [0.15, 0.2) is 55.0 Å². The Morgan fingerprint density at radius 3 is 2.58 bits per heavy atom. The number of fused-ring (bicyclic) bond motifs is 1. The standard InChI is InChI=1S/C22H19N5O3.ClH/c23-15-2-4-16(5-3-15)26-11-18(24-12-26)13-1-6-17-14(9-13)10-27(22(17)30)19-7-8-20(28)25-21(19)29;/h1-6,9,11-12,19H,7-8,10,23H2,(H,25,28,29);1H. The van der Waals surface area contributed by atoms with Crippen LogP contribution in [-0.4, -0.2) is 38.2 Å². The number of nitrogens with zero attached hydrogens (tertiary/aromatic N) is 3. The van der Waals surface area contributed by atoms with Gasteiger partial charge in [-0.15, -0.1) is 12.4 Å². The van der Waals surface area contributed by atoms with Gasteiger partial charge in [-0.1, -0.05) is 6.07 Å². The summed E-state index contributed by atoms with van der Waals surface area (Å²) in [4.78, 5) is 42.4. The molecule has 31 heavy (non-hydrogen) atoms. The second-order valence-corrected chi connectivity index (χ2v) is 7.53. The molecule has 3 heterocycles. The van der Waals surface area contributed by atoms with Crippen LogP contribution in [0.25, 0.3) is 16.9 Å². The molecular weight excluding hydrogens is 418 g/mol. The number of piperidine rings is 1. The van der Waals surface area contributed by atoms with E-state index in [2.05, 4.69) is 10.3 Å². The van der Waals surface area contributed by atoms with Crippen LogP contribution in [0.2, 0.25) is 0 Å². The van der Waals surface area contributed by atoms with E-state index in [0.29, 0.717) is 24.2 Å². The maximum atomic E-state index is 12.8. The number of amides is 3. The molecule has 2 aliphatic rings. The highest BCUT2D eigenvalue weighted by molar-refractivity contribution is 6.05. The first kappa shape index (κ1) is 20.6. The van der Waals surface area contributed by atoms with Crippen LogP contribution in [0.1, 0.15) is 28.8 Å². The molecule has 2 aliphatic heterocycles. The number of nitrogens with two attached hydrogens (primary N) is 1. The number of hydrogen-bond acceptors (Lipinski definition) is 5. The Hall–Kier alpha value is -3.65. The molecular formula is C22H20ClN5O3. The highest BCUT2D eigenvalue weighted by atomic mass is 35.5. The summed E-state index contributed by atoms with van der Waals surface area (Å²) < 4.78 is 1.91. The number of imidazole rings is 1. The Balaban J connectivity index is 0.00000231. The van der Waals surface area contributed by atoms with Gasteiger partial charge in [0.1, 0.15) is 6.04 Å². The van der Waals surface area contributed by atoms with E-state index in [-0.39, 0.29) is 30.6 Å². The zero-order chi connectivity index (χ0) is 20.8. The number of halogens is 1. The van der Waals surface area contributed by atoms with Crippen LogP contribution >= 0.6 is 12.4 Å². The van der Waals surface area contributed by atoms with Crippen molar-refractivity contribution in [2.24, 2.45) is 0 Å². The molecule has 0 bridgehead atoms. The monoisotopic (exact) mass is 437 g/mol. The summed E-state index contributed by atoms with van der Waals surface area (Å²) in [6, 6.07) is 12.5. The molecule has 3 amide bonds. The molecule has 0 spiro atoms. The quantitative estimate of drug-likeness (QED) is 0.482. The number of anilines is 1.